The molecule has 8 rings (SSSR count). The van der Waals surface area contributed by atoms with Gasteiger partial charge in [-0.1, -0.05) is 24.0 Å². The van der Waals surface area contributed by atoms with Gasteiger partial charge in [-0.15, -0.1) is 63.2 Å². The van der Waals surface area contributed by atoms with Gasteiger partial charge in [-0.05, 0) is 18.2 Å². The smallest absolute Gasteiger partial charge is 0.669 e. The van der Waals surface area contributed by atoms with Gasteiger partial charge in [-0.3, -0.25) is 11.1 Å². The molecule has 0 bridgehead atoms. The van der Waals surface area contributed by atoms with Crippen LogP contribution in [0, 0.1) is 42.8 Å². The monoisotopic (exact) mass is 1020 g/mol. The molecule has 4 aromatic carbocycles. The van der Waals surface area contributed by atoms with E-state index in [1.807, 2.05) is 125 Å². The first-order valence-corrected chi connectivity index (χ1v) is 15.2. The molecule has 51 heavy (non-hydrogen) atoms. The maximum Gasteiger partial charge on any atom is 4.00 e. The van der Waals surface area contributed by atoms with E-state index < -0.39 is 0 Å². The summed E-state index contributed by atoms with van der Waals surface area (Å²) in [6.07, 6.45) is 13.5. The molecule has 9 heteroatoms. The van der Waals surface area contributed by atoms with Gasteiger partial charge in [-0.25, -0.2) is 24.2 Å². The van der Waals surface area contributed by atoms with Gasteiger partial charge in [0, 0.05) is 46.4 Å². The summed E-state index contributed by atoms with van der Waals surface area (Å²) in [5.74, 6) is 3.16. The van der Waals surface area contributed by atoms with Crippen molar-refractivity contribution in [3.63, 3.8) is 0 Å². The second-order valence-electron chi connectivity index (χ2n) is 10.6. The molecular formula is C42H25N5O2Pt2+2. The molecule has 1 aliphatic heterocycles. The molecule has 0 radical (unpaired) electrons. The Balaban J connectivity index is 0.000000503. The van der Waals surface area contributed by atoms with Crippen LogP contribution < -0.4 is 14.0 Å². The maximum absolute atomic E-state index is 6.57. The number of fused-ring (bicyclic) bond motifs is 1. The maximum atomic E-state index is 6.57. The van der Waals surface area contributed by atoms with Crippen molar-refractivity contribution in [2.45, 2.75) is 0 Å². The van der Waals surface area contributed by atoms with Crippen LogP contribution in [0.3, 0.4) is 0 Å². The largest absolute Gasteiger partial charge is 4.00 e. The Morgan fingerprint density at radius 1 is 0.725 bits per heavy atom. The Kier molecular flexibility index (Phi) is 12.5. The molecule has 248 valence electrons. The van der Waals surface area contributed by atoms with E-state index in [4.69, 9.17) is 15.9 Å². The topological polar surface area (TPSA) is 55.2 Å². The molecule has 3 aromatic heterocycles. The van der Waals surface area contributed by atoms with Crippen LogP contribution in [0.15, 0.2) is 134 Å². The Hall–Kier alpha value is -5.62. The number of aromatic nitrogens is 3. The van der Waals surface area contributed by atoms with Gasteiger partial charge in [0.2, 0.25) is 0 Å². The molecule has 0 atom stereocenters. The zero-order valence-corrected chi connectivity index (χ0v) is 31.4. The third-order valence-electron chi connectivity index (χ3n) is 7.23. The molecule has 7 nitrogen and oxygen atoms in total. The van der Waals surface area contributed by atoms with Crippen LogP contribution in [0.2, 0.25) is 0 Å². The fourth-order valence-corrected chi connectivity index (χ4v) is 4.98. The molecule has 0 fully saturated rings. The number of hydrogen-bond donors (Lipinski definition) is 0. The van der Waals surface area contributed by atoms with E-state index in [1.165, 1.54) is 0 Å². The van der Waals surface area contributed by atoms with Gasteiger partial charge in [0.1, 0.15) is 7.05 Å². The standard InChI is InChI=1S/C36H21N4O2.C6H4N.2Pt/c1-39-25-40(35-17-8-19-38-36(35)39)29-11-7-16-33(24-29)42-32-15-6-10-28(22-32)34-23-27(18-20-37-34)26-9-5-14-31(21-26)41-30-12-3-2-4-13-30;1-2-7-5-3-4-6-7;;/h2-12,14-17,19-20,23H,1H3;3-6H;;/q-3;-1;+2;+4. The normalized spacial score (nSPS) is 10.8. The molecule has 4 heterocycles. The minimum absolute atomic E-state index is 0. The zero-order chi connectivity index (χ0) is 33.4. The molecular weight excluding hydrogens is 997 g/mol. The van der Waals surface area contributed by atoms with E-state index in [-0.39, 0.29) is 42.1 Å². The van der Waals surface area contributed by atoms with Crippen molar-refractivity contribution in [2.75, 3.05) is 7.05 Å². The average molecular weight is 1020 g/mol. The van der Waals surface area contributed by atoms with Gasteiger partial charge in [0.25, 0.3) is 5.69 Å². The Labute approximate surface area is 325 Å². The predicted molar refractivity (Wildman–Crippen MR) is 186 cm³/mol. The summed E-state index contributed by atoms with van der Waals surface area (Å²) in [5.41, 5.74) is 4.91. The summed E-state index contributed by atoms with van der Waals surface area (Å²) in [6, 6.07) is 55.9. The van der Waals surface area contributed by atoms with Crippen molar-refractivity contribution in [1.82, 2.24) is 19.1 Å². The van der Waals surface area contributed by atoms with E-state index in [0.717, 1.165) is 39.6 Å². The van der Waals surface area contributed by atoms with E-state index in [0.29, 0.717) is 23.0 Å². The number of ether oxygens (including phenoxy) is 2. The van der Waals surface area contributed by atoms with Gasteiger partial charge in [-0.2, -0.15) is 36.4 Å². The van der Waals surface area contributed by atoms with E-state index in [1.54, 1.807) is 29.4 Å². The molecule has 0 saturated heterocycles. The molecule has 0 N–H and O–H groups in total. The van der Waals surface area contributed by atoms with Crippen molar-refractivity contribution < 1.29 is 56.2 Å². The van der Waals surface area contributed by atoms with Crippen molar-refractivity contribution in [3.05, 3.63) is 171 Å². The quantitative estimate of drug-likeness (QED) is 0.0914. The van der Waals surface area contributed by atoms with Crippen molar-refractivity contribution >= 4 is 23.2 Å². The second kappa shape index (κ2) is 17.3. The molecule has 0 aliphatic carbocycles. The SMILES string of the molecule is C[N+]1=C=[N+](c2[c-]c(Oc3[c-]c(-c4cc(-c5[c-]c(Oc6[c-]cccc6)ccc5)[c-]cn4)ccc3)ccc2)c2cccnc21.[C-]#Cn1cccc1.[Pt+2].[Pt+4]. The number of nitrogens with zero attached hydrogens (tertiary/aromatic N) is 5. The first kappa shape index (κ1) is 36.7. The van der Waals surface area contributed by atoms with Crippen molar-refractivity contribution in [2.24, 2.45) is 0 Å². The number of para-hydroxylation sites is 1. The number of pyridine rings is 2. The second-order valence-corrected chi connectivity index (χ2v) is 10.6. The molecule has 0 unspecified atom stereocenters. The van der Waals surface area contributed by atoms with Crippen LogP contribution in [-0.2, 0) is 42.1 Å². The molecule has 0 amide bonds. The molecule has 0 saturated carbocycles. The van der Waals surface area contributed by atoms with E-state index in [9.17, 15) is 0 Å². The summed E-state index contributed by atoms with van der Waals surface area (Å²) in [7, 11) is 1.92. The third-order valence-corrected chi connectivity index (χ3v) is 7.23. The Morgan fingerprint density at radius 3 is 2.14 bits per heavy atom. The van der Waals surface area contributed by atoms with Gasteiger partial charge >= 0.3 is 54.0 Å². The van der Waals surface area contributed by atoms with Crippen LogP contribution in [0.25, 0.3) is 22.4 Å². The van der Waals surface area contributed by atoms with E-state index >= 15 is 0 Å². The van der Waals surface area contributed by atoms with Crippen molar-refractivity contribution in [1.29, 1.82) is 0 Å². The van der Waals surface area contributed by atoms with Crippen LogP contribution >= 0.6 is 0 Å². The summed E-state index contributed by atoms with van der Waals surface area (Å²) in [5, 5.41) is 0. The minimum atomic E-state index is 0. The predicted octanol–water partition coefficient (Wildman–Crippen LogP) is 8.57. The summed E-state index contributed by atoms with van der Waals surface area (Å²) in [6.45, 7) is 0. The first-order valence-electron chi connectivity index (χ1n) is 15.2. The summed E-state index contributed by atoms with van der Waals surface area (Å²) >= 11 is 0. The van der Waals surface area contributed by atoms with Crippen LogP contribution in [0.4, 0.5) is 17.2 Å². The minimum Gasteiger partial charge on any atom is -0.669 e. The molecule has 7 aromatic rings. The number of rotatable bonds is 7. The fraction of sp³-hybridized carbons (Fsp3) is 0.0238. The van der Waals surface area contributed by atoms with Crippen molar-refractivity contribution in [3.8, 4) is 51.4 Å². The number of hydrogen-bond acceptors (Lipinski definition) is 4. The molecule has 1 aliphatic rings. The van der Waals surface area contributed by atoms with E-state index in [2.05, 4.69) is 52.4 Å². The summed E-state index contributed by atoms with van der Waals surface area (Å²) in [4.78, 5) is 8.99. The van der Waals surface area contributed by atoms with Crippen LogP contribution in [0.1, 0.15) is 0 Å². The van der Waals surface area contributed by atoms with Gasteiger partial charge < -0.3 is 25.4 Å². The fourth-order valence-electron chi connectivity index (χ4n) is 4.98. The first-order chi connectivity index (χ1) is 24.1. The van der Waals surface area contributed by atoms with Crippen LogP contribution in [-0.4, -0.2) is 32.2 Å². The Morgan fingerprint density at radius 2 is 1.41 bits per heavy atom. The third kappa shape index (κ3) is 8.95. The zero-order valence-electron chi connectivity index (χ0n) is 26.9. The van der Waals surface area contributed by atoms with Crippen LogP contribution in [0.5, 0.6) is 23.0 Å². The van der Waals surface area contributed by atoms with Gasteiger partial charge in [0.05, 0.1) is 5.69 Å². The average Bonchev–Trinajstić information content (AvgIpc) is 3.81. The number of benzene rings is 4. The van der Waals surface area contributed by atoms with Gasteiger partial charge in [0.15, 0.2) is 6.20 Å². The Bertz CT molecular complexity index is 2360. The molecule has 0 spiro atoms. The summed E-state index contributed by atoms with van der Waals surface area (Å²) < 4.78 is 17.4.